The van der Waals surface area contributed by atoms with Crippen molar-refractivity contribution in [2.24, 2.45) is 11.8 Å². The average molecular weight is 402 g/mol. The minimum Gasteiger partial charge on any atom is -0.456 e. The molecular formula is C20H34O8. The molecule has 0 bridgehead atoms. The van der Waals surface area contributed by atoms with E-state index in [2.05, 4.69) is 0 Å². The van der Waals surface area contributed by atoms with E-state index in [1.807, 2.05) is 20.8 Å². The third-order valence-electron chi connectivity index (χ3n) is 4.57. The van der Waals surface area contributed by atoms with Crippen LogP contribution in [0.2, 0.25) is 0 Å². The lowest BCUT2D eigenvalue weighted by atomic mass is 9.84. The van der Waals surface area contributed by atoms with Gasteiger partial charge in [0.05, 0.1) is 5.92 Å². The van der Waals surface area contributed by atoms with Crippen molar-refractivity contribution in [1.82, 2.24) is 0 Å². The van der Waals surface area contributed by atoms with Crippen LogP contribution in [0.4, 0.5) is 0 Å². The van der Waals surface area contributed by atoms with E-state index < -0.39 is 54.5 Å². The van der Waals surface area contributed by atoms with Crippen molar-refractivity contribution >= 4 is 11.9 Å². The lowest BCUT2D eigenvalue weighted by Gasteiger charge is -2.44. The highest BCUT2D eigenvalue weighted by atomic mass is 16.6. The molecule has 1 aliphatic rings. The third kappa shape index (κ3) is 6.55. The minimum absolute atomic E-state index is 0.110. The number of aliphatic hydroxyl groups is 3. The summed E-state index contributed by atoms with van der Waals surface area (Å²) in [4.78, 5) is 24.2. The number of allylic oxidation sites excluding steroid dienone is 1. The number of hydrogen-bond acceptors (Lipinski definition) is 8. The number of ether oxygens (including phenoxy) is 3. The maximum atomic E-state index is 12.2. The summed E-state index contributed by atoms with van der Waals surface area (Å²) in [5.74, 6) is -1.68. The highest BCUT2D eigenvalue weighted by Crippen LogP contribution is 2.29. The van der Waals surface area contributed by atoms with Crippen molar-refractivity contribution in [2.75, 3.05) is 6.61 Å². The van der Waals surface area contributed by atoms with Crippen LogP contribution in [0.5, 0.6) is 0 Å². The van der Waals surface area contributed by atoms with Gasteiger partial charge in [0.15, 0.2) is 12.2 Å². The van der Waals surface area contributed by atoms with Gasteiger partial charge in [-0.2, -0.15) is 0 Å². The van der Waals surface area contributed by atoms with Crippen LogP contribution in [0, 0.1) is 11.8 Å². The summed E-state index contributed by atoms with van der Waals surface area (Å²) in [6, 6.07) is 0. The molecule has 0 amide bonds. The number of aliphatic hydroxyl groups excluding tert-OH is 3. The van der Waals surface area contributed by atoms with Crippen LogP contribution in [-0.4, -0.2) is 70.5 Å². The fourth-order valence-corrected chi connectivity index (χ4v) is 2.77. The van der Waals surface area contributed by atoms with E-state index in [0.29, 0.717) is 12.0 Å². The van der Waals surface area contributed by atoms with Crippen LogP contribution in [0.15, 0.2) is 11.6 Å². The third-order valence-corrected chi connectivity index (χ3v) is 4.57. The van der Waals surface area contributed by atoms with Gasteiger partial charge in [-0.15, -0.1) is 0 Å². The van der Waals surface area contributed by atoms with Gasteiger partial charge in [0.25, 0.3) is 0 Å². The molecule has 1 aliphatic carbocycles. The zero-order chi connectivity index (χ0) is 21.6. The molecule has 0 spiro atoms. The molecule has 0 radical (unpaired) electrons. The summed E-state index contributed by atoms with van der Waals surface area (Å²) in [7, 11) is 0. The first-order valence-corrected chi connectivity index (χ1v) is 9.71. The zero-order valence-corrected chi connectivity index (χ0v) is 17.5. The molecule has 0 aliphatic heterocycles. The molecule has 0 aromatic carbocycles. The Morgan fingerprint density at radius 3 is 1.89 bits per heavy atom. The van der Waals surface area contributed by atoms with E-state index in [9.17, 15) is 24.9 Å². The molecule has 0 heterocycles. The Hall–Kier alpha value is -1.48. The Labute approximate surface area is 166 Å². The first kappa shape index (κ1) is 24.6. The molecule has 3 N–H and O–H groups in total. The topological polar surface area (TPSA) is 123 Å². The molecule has 0 saturated heterocycles. The summed E-state index contributed by atoms with van der Waals surface area (Å²) < 4.78 is 16.1. The standard InChI is InChI=1S/C20H34O8/c1-7-12(6)20(25)28-19-15(23)17(26-9-11(4)5)14(22)18(16(19)24)27-13(21)8-10(2)3/h8,11-12,14-19,22-24H,7,9H2,1-6H3/t12?,14-,15-,16+,17-,18-,19+/m1/s1. The van der Waals surface area contributed by atoms with Gasteiger partial charge >= 0.3 is 11.9 Å². The Balaban J connectivity index is 3.10. The molecule has 1 fully saturated rings. The maximum Gasteiger partial charge on any atom is 0.331 e. The van der Waals surface area contributed by atoms with Crippen LogP contribution in [-0.2, 0) is 23.8 Å². The van der Waals surface area contributed by atoms with E-state index in [1.165, 1.54) is 6.08 Å². The van der Waals surface area contributed by atoms with E-state index in [4.69, 9.17) is 14.2 Å². The van der Waals surface area contributed by atoms with Crippen LogP contribution < -0.4 is 0 Å². The predicted octanol–water partition coefficient (Wildman–Crippen LogP) is 0.960. The summed E-state index contributed by atoms with van der Waals surface area (Å²) >= 11 is 0. The maximum absolute atomic E-state index is 12.2. The lowest BCUT2D eigenvalue weighted by Crippen LogP contribution is -2.66. The van der Waals surface area contributed by atoms with E-state index in [1.54, 1.807) is 20.8 Å². The van der Waals surface area contributed by atoms with Crippen LogP contribution in [0.1, 0.15) is 48.0 Å². The lowest BCUT2D eigenvalue weighted by molar-refractivity contribution is -0.250. The van der Waals surface area contributed by atoms with Gasteiger partial charge in [-0.05, 0) is 26.2 Å². The van der Waals surface area contributed by atoms with Gasteiger partial charge in [0.1, 0.15) is 24.4 Å². The molecule has 0 aromatic heterocycles. The first-order chi connectivity index (χ1) is 13.0. The van der Waals surface area contributed by atoms with Crippen molar-refractivity contribution in [1.29, 1.82) is 0 Å². The number of carbonyl (C=O) groups is 2. The first-order valence-electron chi connectivity index (χ1n) is 9.71. The van der Waals surface area contributed by atoms with Crippen molar-refractivity contribution in [2.45, 2.75) is 84.6 Å². The minimum atomic E-state index is -1.61. The highest BCUT2D eigenvalue weighted by Gasteiger charge is 2.53. The Bertz CT molecular complexity index is 554. The van der Waals surface area contributed by atoms with Gasteiger partial charge in [-0.1, -0.05) is 33.3 Å². The van der Waals surface area contributed by atoms with E-state index in [-0.39, 0.29) is 12.5 Å². The molecule has 162 valence electrons. The summed E-state index contributed by atoms with van der Waals surface area (Å²) in [5.41, 5.74) is 0.678. The van der Waals surface area contributed by atoms with Gasteiger partial charge in [0.2, 0.25) is 0 Å². The normalized spacial score (nSPS) is 31.2. The van der Waals surface area contributed by atoms with Crippen LogP contribution >= 0.6 is 0 Å². The molecule has 8 heteroatoms. The number of rotatable bonds is 8. The average Bonchev–Trinajstić information content (AvgIpc) is 2.60. The quantitative estimate of drug-likeness (QED) is 0.405. The second-order valence-electron chi connectivity index (χ2n) is 8.00. The number of hydrogen-bond donors (Lipinski definition) is 3. The summed E-state index contributed by atoms with van der Waals surface area (Å²) in [5, 5.41) is 31.8. The number of carbonyl (C=O) groups excluding carboxylic acids is 2. The molecule has 7 atom stereocenters. The van der Waals surface area contributed by atoms with Crippen LogP contribution in [0.3, 0.4) is 0 Å². The largest absolute Gasteiger partial charge is 0.456 e. The van der Waals surface area contributed by atoms with Crippen molar-refractivity contribution in [3.05, 3.63) is 11.6 Å². The van der Waals surface area contributed by atoms with E-state index in [0.717, 1.165) is 0 Å². The molecule has 1 rings (SSSR count). The van der Waals surface area contributed by atoms with E-state index >= 15 is 0 Å². The second kappa shape index (κ2) is 10.9. The second-order valence-corrected chi connectivity index (χ2v) is 8.00. The monoisotopic (exact) mass is 402 g/mol. The Morgan fingerprint density at radius 2 is 1.43 bits per heavy atom. The SMILES string of the molecule is CCC(C)C(=O)O[C@H]1[C@H](O)[C@H](OCC(C)C)[C@@H](O)[C@@H](OC(=O)C=C(C)C)[C@@H]1O. The fraction of sp³-hybridized carbons (Fsp3) is 0.800. The van der Waals surface area contributed by atoms with Gasteiger partial charge in [-0.3, -0.25) is 4.79 Å². The van der Waals surface area contributed by atoms with Crippen LogP contribution in [0.25, 0.3) is 0 Å². The van der Waals surface area contributed by atoms with Gasteiger partial charge in [-0.25, -0.2) is 4.79 Å². The van der Waals surface area contributed by atoms with Crippen molar-refractivity contribution < 1.29 is 39.1 Å². The molecule has 1 saturated carbocycles. The highest BCUT2D eigenvalue weighted by molar-refractivity contribution is 5.82. The molecule has 1 unspecified atom stereocenters. The molecule has 0 aromatic rings. The van der Waals surface area contributed by atoms with Gasteiger partial charge < -0.3 is 29.5 Å². The Kier molecular flexibility index (Phi) is 9.56. The fourth-order valence-electron chi connectivity index (χ4n) is 2.77. The van der Waals surface area contributed by atoms with Crippen molar-refractivity contribution in [3.8, 4) is 0 Å². The van der Waals surface area contributed by atoms with Gasteiger partial charge in [0, 0.05) is 12.7 Å². The Morgan fingerprint density at radius 1 is 0.929 bits per heavy atom. The predicted molar refractivity (Wildman–Crippen MR) is 101 cm³/mol. The zero-order valence-electron chi connectivity index (χ0n) is 17.5. The van der Waals surface area contributed by atoms with Crippen molar-refractivity contribution in [3.63, 3.8) is 0 Å². The summed E-state index contributed by atoms with van der Waals surface area (Å²) in [6.45, 7) is 10.9. The molecule has 8 nitrogen and oxygen atoms in total. The summed E-state index contributed by atoms with van der Waals surface area (Å²) in [6.07, 6.45) is -6.84. The molecule has 28 heavy (non-hydrogen) atoms. The smallest absolute Gasteiger partial charge is 0.331 e. The molecular weight excluding hydrogens is 368 g/mol. The number of esters is 2.